The van der Waals surface area contributed by atoms with Crippen molar-refractivity contribution >= 4 is 34.0 Å². The van der Waals surface area contributed by atoms with Gasteiger partial charge in [-0.3, -0.25) is 9.59 Å². The van der Waals surface area contributed by atoms with E-state index < -0.39 is 5.92 Å². The van der Waals surface area contributed by atoms with Gasteiger partial charge in [-0.25, -0.2) is 4.39 Å². The lowest BCUT2D eigenvalue weighted by Crippen LogP contribution is -2.28. The van der Waals surface area contributed by atoms with E-state index in [2.05, 4.69) is 5.32 Å². The maximum atomic E-state index is 13.0. The molecule has 1 aliphatic heterocycles. The van der Waals surface area contributed by atoms with Crippen molar-refractivity contribution in [2.75, 3.05) is 16.8 Å². The van der Waals surface area contributed by atoms with Crippen LogP contribution in [0.1, 0.15) is 6.42 Å². The molecule has 0 aromatic heterocycles. The SMILES string of the molecule is O=C(Nc1ccc(F)cc1)[C@H]1CC(=O)N(c2cccc3ccccc23)C1. The molecule has 1 heterocycles. The maximum Gasteiger partial charge on any atom is 0.229 e. The number of nitrogens with zero attached hydrogens (tertiary/aromatic N) is 1. The van der Waals surface area contributed by atoms with Gasteiger partial charge in [0.2, 0.25) is 11.8 Å². The van der Waals surface area contributed by atoms with E-state index in [1.165, 1.54) is 24.3 Å². The fourth-order valence-corrected chi connectivity index (χ4v) is 3.34. The van der Waals surface area contributed by atoms with Crippen LogP contribution in [0.4, 0.5) is 15.8 Å². The van der Waals surface area contributed by atoms with E-state index in [1.54, 1.807) is 4.90 Å². The van der Waals surface area contributed by atoms with E-state index >= 15 is 0 Å². The fraction of sp³-hybridized carbons (Fsp3) is 0.143. The van der Waals surface area contributed by atoms with Crippen molar-refractivity contribution in [3.05, 3.63) is 72.5 Å². The Kier molecular flexibility index (Phi) is 4.13. The number of rotatable bonds is 3. The Morgan fingerprint density at radius 3 is 2.54 bits per heavy atom. The molecule has 3 aromatic carbocycles. The molecule has 5 heteroatoms. The second kappa shape index (κ2) is 6.59. The van der Waals surface area contributed by atoms with Gasteiger partial charge >= 0.3 is 0 Å². The zero-order chi connectivity index (χ0) is 18.1. The normalized spacial score (nSPS) is 16.9. The first-order chi connectivity index (χ1) is 12.6. The van der Waals surface area contributed by atoms with Gasteiger partial charge in [0.05, 0.1) is 11.6 Å². The minimum absolute atomic E-state index is 0.0689. The molecule has 0 saturated carbocycles. The van der Waals surface area contributed by atoms with Gasteiger partial charge in [-0.15, -0.1) is 0 Å². The second-order valence-corrected chi connectivity index (χ2v) is 6.40. The van der Waals surface area contributed by atoms with Crippen LogP contribution in [0, 0.1) is 11.7 Å². The zero-order valence-electron chi connectivity index (χ0n) is 14.0. The topological polar surface area (TPSA) is 49.4 Å². The van der Waals surface area contributed by atoms with Gasteiger partial charge in [-0.1, -0.05) is 36.4 Å². The van der Waals surface area contributed by atoms with E-state index in [9.17, 15) is 14.0 Å². The van der Waals surface area contributed by atoms with Crippen LogP contribution in [0.3, 0.4) is 0 Å². The number of hydrogen-bond acceptors (Lipinski definition) is 2. The first-order valence-electron chi connectivity index (χ1n) is 8.46. The number of benzene rings is 3. The number of hydrogen-bond donors (Lipinski definition) is 1. The summed E-state index contributed by atoms with van der Waals surface area (Å²) in [6.45, 7) is 0.333. The molecule has 3 aromatic rings. The van der Waals surface area contributed by atoms with E-state index in [-0.39, 0.29) is 24.1 Å². The average molecular weight is 348 g/mol. The Hall–Kier alpha value is -3.21. The summed E-state index contributed by atoms with van der Waals surface area (Å²) in [7, 11) is 0. The molecular formula is C21H17FN2O2. The van der Waals surface area contributed by atoms with Gasteiger partial charge in [0.15, 0.2) is 0 Å². The summed E-state index contributed by atoms with van der Waals surface area (Å²) in [6.07, 6.45) is 0.163. The summed E-state index contributed by atoms with van der Waals surface area (Å²) in [5, 5.41) is 4.80. The highest BCUT2D eigenvalue weighted by Crippen LogP contribution is 2.32. The van der Waals surface area contributed by atoms with Crippen molar-refractivity contribution in [1.82, 2.24) is 0 Å². The van der Waals surface area contributed by atoms with Crippen LogP contribution in [0.15, 0.2) is 66.7 Å². The van der Waals surface area contributed by atoms with Crippen molar-refractivity contribution in [2.24, 2.45) is 5.92 Å². The highest BCUT2D eigenvalue weighted by Gasteiger charge is 2.35. The standard InChI is InChI=1S/C21H17FN2O2/c22-16-8-10-17(11-9-16)23-21(26)15-12-20(25)24(13-15)19-7-3-5-14-4-1-2-6-18(14)19/h1-11,15H,12-13H2,(H,23,26)/t15-/m0/s1. The summed E-state index contributed by atoms with van der Waals surface area (Å²) < 4.78 is 13.0. The van der Waals surface area contributed by atoms with Crippen LogP contribution in [-0.4, -0.2) is 18.4 Å². The predicted molar refractivity (Wildman–Crippen MR) is 99.4 cm³/mol. The minimum Gasteiger partial charge on any atom is -0.326 e. The highest BCUT2D eigenvalue weighted by molar-refractivity contribution is 6.08. The molecule has 4 rings (SSSR count). The predicted octanol–water partition coefficient (Wildman–Crippen LogP) is 3.97. The van der Waals surface area contributed by atoms with Gasteiger partial charge in [0.25, 0.3) is 0 Å². The molecule has 0 spiro atoms. The number of halogens is 1. The van der Waals surface area contributed by atoms with Gasteiger partial charge in [0, 0.05) is 24.0 Å². The number of amides is 2. The molecule has 0 bridgehead atoms. The number of anilines is 2. The maximum absolute atomic E-state index is 13.0. The summed E-state index contributed by atoms with van der Waals surface area (Å²) in [6, 6.07) is 19.3. The summed E-state index contributed by atoms with van der Waals surface area (Å²) in [4.78, 5) is 26.7. The van der Waals surface area contributed by atoms with E-state index in [1.807, 2.05) is 42.5 Å². The van der Waals surface area contributed by atoms with Crippen molar-refractivity contribution in [1.29, 1.82) is 0 Å². The third-order valence-corrected chi connectivity index (χ3v) is 4.67. The van der Waals surface area contributed by atoms with Crippen molar-refractivity contribution in [3.63, 3.8) is 0 Å². The lowest BCUT2D eigenvalue weighted by Gasteiger charge is -2.19. The van der Waals surface area contributed by atoms with Crippen molar-refractivity contribution in [3.8, 4) is 0 Å². The molecule has 4 nitrogen and oxygen atoms in total. The molecule has 1 atom stereocenters. The molecule has 1 aliphatic rings. The van der Waals surface area contributed by atoms with Gasteiger partial charge in [0.1, 0.15) is 5.82 Å². The number of fused-ring (bicyclic) bond motifs is 1. The van der Waals surface area contributed by atoms with Crippen LogP contribution >= 0.6 is 0 Å². The molecule has 0 radical (unpaired) electrons. The van der Waals surface area contributed by atoms with Crippen LogP contribution < -0.4 is 10.2 Å². The average Bonchev–Trinajstić information content (AvgIpc) is 3.05. The number of carbonyl (C=O) groups excluding carboxylic acids is 2. The van der Waals surface area contributed by atoms with E-state index in [0.29, 0.717) is 12.2 Å². The lowest BCUT2D eigenvalue weighted by atomic mass is 10.1. The van der Waals surface area contributed by atoms with E-state index in [4.69, 9.17) is 0 Å². The van der Waals surface area contributed by atoms with Crippen LogP contribution in [0.5, 0.6) is 0 Å². The van der Waals surface area contributed by atoms with E-state index in [0.717, 1.165) is 16.5 Å². The lowest BCUT2D eigenvalue weighted by molar-refractivity contribution is -0.122. The molecule has 0 unspecified atom stereocenters. The van der Waals surface area contributed by atoms with Crippen molar-refractivity contribution in [2.45, 2.75) is 6.42 Å². The Morgan fingerprint density at radius 2 is 1.73 bits per heavy atom. The number of carbonyl (C=O) groups is 2. The second-order valence-electron chi connectivity index (χ2n) is 6.40. The third-order valence-electron chi connectivity index (χ3n) is 4.67. The zero-order valence-corrected chi connectivity index (χ0v) is 14.0. The highest BCUT2D eigenvalue weighted by atomic mass is 19.1. The Morgan fingerprint density at radius 1 is 1.00 bits per heavy atom. The Labute approximate surface area is 150 Å². The molecule has 0 aliphatic carbocycles. The monoisotopic (exact) mass is 348 g/mol. The molecule has 1 N–H and O–H groups in total. The number of nitrogens with one attached hydrogen (secondary N) is 1. The Bertz CT molecular complexity index is 979. The van der Waals surface area contributed by atoms with Gasteiger partial charge < -0.3 is 10.2 Å². The largest absolute Gasteiger partial charge is 0.326 e. The molecular weight excluding hydrogens is 331 g/mol. The summed E-state index contributed by atoms with van der Waals surface area (Å²) in [5.74, 6) is -1.10. The molecule has 2 amide bonds. The van der Waals surface area contributed by atoms with Crippen molar-refractivity contribution < 1.29 is 14.0 Å². The summed E-state index contributed by atoms with van der Waals surface area (Å²) >= 11 is 0. The van der Waals surface area contributed by atoms with Crippen LogP contribution in [0.2, 0.25) is 0 Å². The van der Waals surface area contributed by atoms with Gasteiger partial charge in [-0.2, -0.15) is 0 Å². The molecule has 1 fully saturated rings. The fourth-order valence-electron chi connectivity index (χ4n) is 3.34. The van der Waals surface area contributed by atoms with Crippen LogP contribution in [0.25, 0.3) is 10.8 Å². The quantitative estimate of drug-likeness (QED) is 0.779. The minimum atomic E-state index is -0.438. The molecule has 130 valence electrons. The first kappa shape index (κ1) is 16.3. The first-order valence-corrected chi connectivity index (χ1v) is 8.46. The van der Waals surface area contributed by atoms with Crippen LogP contribution in [-0.2, 0) is 9.59 Å². The Balaban J connectivity index is 1.55. The summed E-state index contributed by atoms with van der Waals surface area (Å²) in [5.41, 5.74) is 1.35. The van der Waals surface area contributed by atoms with Gasteiger partial charge in [-0.05, 0) is 35.7 Å². The third kappa shape index (κ3) is 3.04. The molecule has 26 heavy (non-hydrogen) atoms. The molecule has 1 saturated heterocycles. The smallest absolute Gasteiger partial charge is 0.229 e.